The van der Waals surface area contributed by atoms with Crippen LogP contribution in [0.4, 0.5) is 0 Å². The quantitative estimate of drug-likeness (QED) is 0.864. The van der Waals surface area contributed by atoms with Gasteiger partial charge in [0.25, 0.3) is 0 Å². The number of nitrogens with zero attached hydrogens (tertiary/aromatic N) is 1. The van der Waals surface area contributed by atoms with Crippen molar-refractivity contribution in [2.24, 2.45) is 0 Å². The van der Waals surface area contributed by atoms with Crippen LogP contribution in [0.2, 0.25) is 0 Å². The third kappa shape index (κ3) is 1.99. The molecule has 0 aliphatic heterocycles. The van der Waals surface area contributed by atoms with Crippen molar-refractivity contribution in [1.82, 2.24) is 0 Å². The molecule has 0 spiro atoms. The van der Waals surface area contributed by atoms with Gasteiger partial charge in [-0.2, -0.15) is 5.26 Å². The van der Waals surface area contributed by atoms with E-state index in [4.69, 9.17) is 5.26 Å². The molecule has 12 heavy (non-hydrogen) atoms. The van der Waals surface area contributed by atoms with Crippen LogP contribution in [0, 0.1) is 11.3 Å². The van der Waals surface area contributed by atoms with Crippen molar-refractivity contribution in [2.45, 2.75) is 6.42 Å². The van der Waals surface area contributed by atoms with Crippen molar-refractivity contribution < 1.29 is 5.11 Å². The largest absolute Gasteiger partial charge is 0.507 e. The number of rotatable bonds is 1. The first-order valence-electron chi connectivity index (χ1n) is 3.19. The van der Waals surface area contributed by atoms with Crippen molar-refractivity contribution in [3.63, 3.8) is 0 Å². The van der Waals surface area contributed by atoms with Crippen molar-refractivity contribution >= 4 is 31.9 Å². The Morgan fingerprint density at radius 2 is 2.08 bits per heavy atom. The predicted octanol–water partition coefficient (Wildman–Crippen LogP) is 2.98. The maximum Gasteiger partial charge on any atom is 0.131 e. The van der Waals surface area contributed by atoms with Gasteiger partial charge in [-0.25, -0.2) is 0 Å². The number of hydrogen-bond acceptors (Lipinski definition) is 2. The van der Waals surface area contributed by atoms with Gasteiger partial charge in [-0.3, -0.25) is 0 Å². The number of benzene rings is 1. The molecule has 0 unspecified atom stereocenters. The van der Waals surface area contributed by atoms with Gasteiger partial charge in [0.15, 0.2) is 0 Å². The number of hydrogen-bond donors (Lipinski definition) is 1. The Morgan fingerprint density at radius 1 is 1.42 bits per heavy atom. The van der Waals surface area contributed by atoms with Crippen LogP contribution < -0.4 is 0 Å². The summed E-state index contributed by atoms with van der Waals surface area (Å²) in [6, 6.07) is 5.38. The van der Waals surface area contributed by atoms with Crippen molar-refractivity contribution in [3.8, 4) is 11.8 Å². The highest BCUT2D eigenvalue weighted by molar-refractivity contribution is 9.13. The molecule has 2 nitrogen and oxygen atoms in total. The van der Waals surface area contributed by atoms with Gasteiger partial charge in [-0.15, -0.1) is 0 Å². The van der Waals surface area contributed by atoms with E-state index in [-0.39, 0.29) is 5.75 Å². The smallest absolute Gasteiger partial charge is 0.131 e. The zero-order chi connectivity index (χ0) is 9.14. The normalized spacial score (nSPS) is 9.42. The zero-order valence-electron chi connectivity index (χ0n) is 6.01. The van der Waals surface area contributed by atoms with E-state index in [1.54, 1.807) is 12.1 Å². The van der Waals surface area contributed by atoms with E-state index in [1.807, 2.05) is 6.07 Å². The van der Waals surface area contributed by atoms with Gasteiger partial charge in [0.1, 0.15) is 5.75 Å². The molecule has 0 atom stereocenters. The summed E-state index contributed by atoms with van der Waals surface area (Å²) in [5.74, 6) is 0.148. The number of phenols is 1. The Bertz CT molecular complexity index is 320. The van der Waals surface area contributed by atoms with Gasteiger partial charge in [-0.05, 0) is 49.6 Å². The first-order chi connectivity index (χ1) is 5.65. The third-order valence-corrected chi connectivity index (χ3v) is 3.34. The fourth-order valence-corrected chi connectivity index (χ4v) is 1.55. The van der Waals surface area contributed by atoms with E-state index in [0.717, 1.165) is 10.0 Å². The predicted molar refractivity (Wildman–Crippen MR) is 52.8 cm³/mol. The van der Waals surface area contributed by atoms with Crippen LogP contribution >= 0.6 is 31.9 Å². The minimum Gasteiger partial charge on any atom is -0.507 e. The van der Waals surface area contributed by atoms with Crippen LogP contribution in [-0.4, -0.2) is 5.11 Å². The summed E-state index contributed by atoms with van der Waals surface area (Å²) in [6.07, 6.45) is 0.305. The molecule has 4 heteroatoms. The van der Waals surface area contributed by atoms with E-state index in [2.05, 4.69) is 31.9 Å². The topological polar surface area (TPSA) is 44.0 Å². The van der Waals surface area contributed by atoms with Crippen LogP contribution in [0.25, 0.3) is 0 Å². The van der Waals surface area contributed by atoms with Crippen LogP contribution in [0.15, 0.2) is 21.1 Å². The second-order valence-electron chi connectivity index (χ2n) is 2.25. The Hall–Kier alpha value is -0.530. The average molecular weight is 291 g/mol. The van der Waals surface area contributed by atoms with E-state index in [9.17, 15) is 5.11 Å². The highest BCUT2D eigenvalue weighted by Crippen LogP contribution is 2.32. The lowest BCUT2D eigenvalue weighted by Gasteiger charge is -2.01. The molecule has 0 saturated heterocycles. The Balaban J connectivity index is 3.14. The van der Waals surface area contributed by atoms with Gasteiger partial charge in [0, 0.05) is 4.47 Å². The van der Waals surface area contributed by atoms with Gasteiger partial charge >= 0.3 is 0 Å². The molecule has 0 amide bonds. The lowest BCUT2D eigenvalue weighted by Crippen LogP contribution is -1.82. The maximum absolute atomic E-state index is 9.32. The fourth-order valence-electron chi connectivity index (χ4n) is 0.822. The minimum absolute atomic E-state index is 0.148. The van der Waals surface area contributed by atoms with E-state index in [1.165, 1.54) is 0 Å². The second-order valence-corrected chi connectivity index (χ2v) is 3.89. The summed E-state index contributed by atoms with van der Waals surface area (Å²) in [5.41, 5.74) is 0.796. The standard InChI is InChI=1S/C8H5Br2NO/c9-6-3-5(1-2-11)4-7(12)8(6)10/h3-4,12H,1H2. The summed E-state index contributed by atoms with van der Waals surface area (Å²) in [6.45, 7) is 0. The molecule has 0 bridgehead atoms. The molecule has 62 valence electrons. The summed E-state index contributed by atoms with van der Waals surface area (Å²) in [5, 5.41) is 17.7. The lowest BCUT2D eigenvalue weighted by molar-refractivity contribution is 0.471. The average Bonchev–Trinajstić information content (AvgIpc) is 2.01. The summed E-state index contributed by atoms with van der Waals surface area (Å²) >= 11 is 6.44. The molecule has 0 saturated carbocycles. The first kappa shape index (κ1) is 9.56. The SMILES string of the molecule is N#CCc1cc(O)c(Br)c(Br)c1. The molecule has 0 aromatic heterocycles. The van der Waals surface area contributed by atoms with Gasteiger partial charge in [0.05, 0.1) is 17.0 Å². The molecule has 0 heterocycles. The number of aromatic hydroxyl groups is 1. The fraction of sp³-hybridized carbons (Fsp3) is 0.125. The van der Waals surface area contributed by atoms with Crippen molar-refractivity contribution in [2.75, 3.05) is 0 Å². The maximum atomic E-state index is 9.32. The van der Waals surface area contributed by atoms with E-state index >= 15 is 0 Å². The number of halogens is 2. The molecule has 0 fully saturated rings. The summed E-state index contributed by atoms with van der Waals surface area (Å²) < 4.78 is 1.37. The van der Waals surface area contributed by atoms with E-state index in [0.29, 0.717) is 10.9 Å². The Kier molecular flexibility index (Phi) is 3.12. The minimum atomic E-state index is 0.148. The molecule has 0 radical (unpaired) electrons. The monoisotopic (exact) mass is 289 g/mol. The summed E-state index contributed by atoms with van der Waals surface area (Å²) in [4.78, 5) is 0. The van der Waals surface area contributed by atoms with Crippen LogP contribution in [0.1, 0.15) is 5.56 Å². The Morgan fingerprint density at radius 3 is 2.58 bits per heavy atom. The molecule has 1 aromatic rings. The first-order valence-corrected chi connectivity index (χ1v) is 4.77. The number of phenolic OH excluding ortho intramolecular Hbond substituents is 1. The molecule has 0 aliphatic rings. The van der Waals surface area contributed by atoms with Gasteiger partial charge in [-0.1, -0.05) is 0 Å². The molecular weight excluding hydrogens is 286 g/mol. The van der Waals surface area contributed by atoms with Gasteiger partial charge < -0.3 is 5.11 Å². The van der Waals surface area contributed by atoms with Crippen molar-refractivity contribution in [1.29, 1.82) is 5.26 Å². The lowest BCUT2D eigenvalue weighted by atomic mass is 10.2. The van der Waals surface area contributed by atoms with Gasteiger partial charge in [0.2, 0.25) is 0 Å². The third-order valence-electron chi connectivity index (χ3n) is 1.35. The summed E-state index contributed by atoms with van der Waals surface area (Å²) in [7, 11) is 0. The van der Waals surface area contributed by atoms with Crippen LogP contribution in [0.3, 0.4) is 0 Å². The molecule has 1 rings (SSSR count). The highest BCUT2D eigenvalue weighted by atomic mass is 79.9. The van der Waals surface area contributed by atoms with Crippen molar-refractivity contribution in [3.05, 3.63) is 26.6 Å². The Labute approximate surface area is 87.1 Å². The molecule has 0 aliphatic carbocycles. The van der Waals surface area contributed by atoms with Crippen LogP contribution in [0.5, 0.6) is 5.75 Å². The van der Waals surface area contributed by atoms with E-state index < -0.39 is 0 Å². The second kappa shape index (κ2) is 3.92. The zero-order valence-corrected chi connectivity index (χ0v) is 9.18. The van der Waals surface area contributed by atoms with Crippen LogP contribution in [-0.2, 0) is 6.42 Å². The number of nitriles is 1. The molecule has 1 N–H and O–H groups in total. The highest BCUT2D eigenvalue weighted by Gasteiger charge is 2.04. The molecular formula is C8H5Br2NO. The molecule has 1 aromatic carbocycles.